The van der Waals surface area contributed by atoms with E-state index in [2.05, 4.69) is 5.32 Å². The summed E-state index contributed by atoms with van der Waals surface area (Å²) in [6.07, 6.45) is -1.71. The largest absolute Gasteiger partial charge is 0.366 e. The Morgan fingerprint density at radius 2 is 1.52 bits per heavy atom. The second-order valence-electron chi connectivity index (χ2n) is 7.91. The average Bonchev–Trinajstić information content (AvgIpc) is 2.29. The maximum atomic E-state index is 14.1. The van der Waals surface area contributed by atoms with E-state index in [-0.39, 0.29) is 18.6 Å². The van der Waals surface area contributed by atoms with E-state index in [1.165, 1.54) is 0 Å². The van der Waals surface area contributed by atoms with Crippen molar-refractivity contribution in [2.45, 2.75) is 67.2 Å². The molecule has 0 spiro atoms. The summed E-state index contributed by atoms with van der Waals surface area (Å²) in [6, 6.07) is 0. The Balaban J connectivity index is 4.42. The first-order chi connectivity index (χ1) is 9.18. The van der Waals surface area contributed by atoms with E-state index in [9.17, 15) is 14.0 Å². The molecule has 1 N–H and O–H groups in total. The zero-order valence-corrected chi connectivity index (χ0v) is 14.6. The van der Waals surface area contributed by atoms with E-state index in [1.807, 2.05) is 41.5 Å². The number of carbonyl (C=O) groups excluding carboxylic acids is 2. The Morgan fingerprint density at radius 3 is 1.90 bits per heavy atom. The number of hydrogen-bond acceptors (Lipinski definition) is 3. The molecule has 1 atom stereocenters. The van der Waals surface area contributed by atoms with Gasteiger partial charge in [-0.3, -0.25) is 9.59 Å². The first kappa shape index (κ1) is 20.0. The second kappa shape index (κ2) is 6.86. The second-order valence-corrected chi connectivity index (χ2v) is 7.91. The number of hydrogen-bond donors (Lipinski definition) is 1. The molecule has 5 heteroatoms. The molecule has 124 valence electrons. The number of nitrogens with one attached hydrogen (secondary N) is 1. The van der Waals surface area contributed by atoms with Crippen LogP contribution in [0.5, 0.6) is 0 Å². The van der Waals surface area contributed by atoms with Gasteiger partial charge in [-0.05, 0) is 26.2 Å². The van der Waals surface area contributed by atoms with Crippen LogP contribution in [0.15, 0.2) is 0 Å². The predicted octanol–water partition coefficient (Wildman–Crippen LogP) is 2.90. The first-order valence-corrected chi connectivity index (χ1v) is 7.27. The molecule has 4 nitrogen and oxygen atoms in total. The van der Waals surface area contributed by atoms with E-state index < -0.39 is 28.9 Å². The van der Waals surface area contributed by atoms with Crippen LogP contribution in [0.3, 0.4) is 0 Å². The molecule has 0 radical (unpaired) electrons. The van der Waals surface area contributed by atoms with E-state index in [1.54, 1.807) is 13.8 Å². The highest BCUT2D eigenvalue weighted by atomic mass is 19.1. The minimum atomic E-state index is -1.71. The van der Waals surface area contributed by atoms with Gasteiger partial charge in [0.15, 0.2) is 12.0 Å². The molecule has 0 aromatic rings. The molecular weight excluding hydrogens is 273 g/mol. The van der Waals surface area contributed by atoms with Gasteiger partial charge >= 0.3 is 0 Å². The number of rotatable bonds is 6. The molecule has 0 aliphatic rings. The fourth-order valence-electron chi connectivity index (χ4n) is 1.39. The summed E-state index contributed by atoms with van der Waals surface area (Å²) in [7, 11) is 0. The van der Waals surface area contributed by atoms with Crippen molar-refractivity contribution >= 4 is 11.7 Å². The molecule has 0 saturated carbocycles. The lowest BCUT2D eigenvalue weighted by atomic mass is 9.66. The van der Waals surface area contributed by atoms with Gasteiger partial charge < -0.3 is 10.1 Å². The van der Waals surface area contributed by atoms with E-state index in [4.69, 9.17) is 4.74 Å². The average molecular weight is 303 g/mol. The fourth-order valence-corrected chi connectivity index (χ4v) is 1.39. The summed E-state index contributed by atoms with van der Waals surface area (Å²) in [4.78, 5) is 23.7. The SMILES string of the molecule is CC(C)(C)OCC(=O)NC[C@@H](F)C(=O)C(C)(C)C(C)(C)C. The number of ketones is 1. The van der Waals surface area contributed by atoms with E-state index in [0.29, 0.717) is 0 Å². The normalized spacial score (nSPS) is 14.7. The van der Waals surface area contributed by atoms with Crippen LogP contribution in [0.4, 0.5) is 4.39 Å². The molecule has 0 unspecified atom stereocenters. The lowest BCUT2D eigenvalue weighted by Crippen LogP contribution is -2.46. The Hall–Kier alpha value is -0.970. The van der Waals surface area contributed by atoms with Crippen molar-refractivity contribution in [1.29, 1.82) is 0 Å². The minimum Gasteiger partial charge on any atom is -0.366 e. The van der Waals surface area contributed by atoms with Crippen LogP contribution in [-0.2, 0) is 14.3 Å². The number of carbonyl (C=O) groups is 2. The number of ether oxygens (including phenoxy) is 1. The molecule has 1 amide bonds. The van der Waals surface area contributed by atoms with Crippen molar-refractivity contribution in [1.82, 2.24) is 5.32 Å². The Kier molecular flexibility index (Phi) is 6.54. The van der Waals surface area contributed by atoms with Crippen LogP contribution in [0.25, 0.3) is 0 Å². The van der Waals surface area contributed by atoms with Crippen LogP contribution >= 0.6 is 0 Å². The van der Waals surface area contributed by atoms with Crippen LogP contribution in [-0.4, -0.2) is 36.6 Å². The Morgan fingerprint density at radius 1 is 1.05 bits per heavy atom. The van der Waals surface area contributed by atoms with Gasteiger partial charge in [0.1, 0.15) is 6.61 Å². The van der Waals surface area contributed by atoms with Gasteiger partial charge in [-0.25, -0.2) is 4.39 Å². The summed E-state index contributed by atoms with van der Waals surface area (Å²) < 4.78 is 19.3. The maximum Gasteiger partial charge on any atom is 0.246 e. The molecule has 0 saturated heterocycles. The van der Waals surface area contributed by atoms with Crippen molar-refractivity contribution in [3.63, 3.8) is 0 Å². The monoisotopic (exact) mass is 303 g/mol. The molecular formula is C16H30FNO3. The van der Waals surface area contributed by atoms with Crippen LogP contribution in [0.1, 0.15) is 55.4 Å². The number of amides is 1. The third-order valence-corrected chi connectivity index (χ3v) is 3.89. The van der Waals surface area contributed by atoms with Crippen LogP contribution < -0.4 is 5.32 Å². The summed E-state index contributed by atoms with van der Waals surface area (Å²) in [5.41, 5.74) is -1.59. The van der Waals surface area contributed by atoms with Gasteiger partial charge in [0.05, 0.1) is 12.1 Å². The third kappa shape index (κ3) is 6.55. The standard InChI is InChI=1S/C16H30FNO3/c1-14(2,3)16(7,8)13(20)11(17)9-18-12(19)10-21-15(4,5)6/h11H,9-10H2,1-8H3,(H,18,19)/t11-/m1/s1. The third-order valence-electron chi connectivity index (χ3n) is 3.89. The lowest BCUT2D eigenvalue weighted by Gasteiger charge is -2.38. The smallest absolute Gasteiger partial charge is 0.246 e. The molecule has 0 heterocycles. The van der Waals surface area contributed by atoms with Gasteiger partial charge in [-0.15, -0.1) is 0 Å². The van der Waals surface area contributed by atoms with Gasteiger partial charge in [-0.2, -0.15) is 0 Å². The summed E-state index contributed by atoms with van der Waals surface area (Å²) in [5, 5.41) is 2.40. The highest BCUT2D eigenvalue weighted by molar-refractivity contribution is 5.89. The summed E-state index contributed by atoms with van der Waals surface area (Å²) >= 11 is 0. The summed E-state index contributed by atoms with van der Waals surface area (Å²) in [5.74, 6) is -0.916. The molecule has 21 heavy (non-hydrogen) atoms. The molecule has 0 rings (SSSR count). The van der Waals surface area contributed by atoms with Gasteiger partial charge in [0.25, 0.3) is 0 Å². The van der Waals surface area contributed by atoms with Crippen LogP contribution in [0, 0.1) is 10.8 Å². The van der Waals surface area contributed by atoms with E-state index >= 15 is 0 Å². The number of alkyl halides is 1. The topological polar surface area (TPSA) is 55.4 Å². The van der Waals surface area contributed by atoms with Crippen molar-refractivity contribution in [3.8, 4) is 0 Å². The molecule has 0 aromatic carbocycles. The van der Waals surface area contributed by atoms with Crippen molar-refractivity contribution in [3.05, 3.63) is 0 Å². The fraction of sp³-hybridized carbons (Fsp3) is 0.875. The molecule has 0 bridgehead atoms. The highest BCUT2D eigenvalue weighted by Gasteiger charge is 2.42. The molecule has 0 aromatic heterocycles. The van der Waals surface area contributed by atoms with Gasteiger partial charge in [-0.1, -0.05) is 34.6 Å². The van der Waals surface area contributed by atoms with Crippen molar-refractivity contribution in [2.75, 3.05) is 13.2 Å². The number of halogens is 1. The quantitative estimate of drug-likeness (QED) is 0.821. The van der Waals surface area contributed by atoms with Crippen molar-refractivity contribution < 1.29 is 18.7 Å². The lowest BCUT2D eigenvalue weighted by molar-refractivity contribution is -0.138. The predicted molar refractivity (Wildman–Crippen MR) is 81.9 cm³/mol. The Bertz CT molecular complexity index is 378. The molecule has 0 aliphatic heterocycles. The first-order valence-electron chi connectivity index (χ1n) is 7.27. The summed E-state index contributed by atoms with van der Waals surface area (Å²) in [6.45, 7) is 14.2. The zero-order chi connectivity index (χ0) is 17.1. The number of Topliss-reactive ketones (excluding diaryl/α,β-unsaturated/α-hetero) is 1. The Labute approximate surface area is 127 Å². The minimum absolute atomic E-state index is 0.146. The zero-order valence-electron chi connectivity index (χ0n) is 14.6. The molecule has 0 aliphatic carbocycles. The molecule has 0 fully saturated rings. The van der Waals surface area contributed by atoms with Crippen LogP contribution in [0.2, 0.25) is 0 Å². The highest BCUT2D eigenvalue weighted by Crippen LogP contribution is 2.39. The van der Waals surface area contributed by atoms with Gasteiger partial charge in [0, 0.05) is 5.41 Å². The maximum absolute atomic E-state index is 14.1. The van der Waals surface area contributed by atoms with Crippen molar-refractivity contribution in [2.24, 2.45) is 10.8 Å². The van der Waals surface area contributed by atoms with Gasteiger partial charge in [0.2, 0.25) is 5.91 Å². The van der Waals surface area contributed by atoms with E-state index in [0.717, 1.165) is 0 Å².